The molecule has 4 N–H and O–H groups in total. The van der Waals surface area contributed by atoms with E-state index in [9.17, 15) is 20.0 Å². The minimum Gasteiger partial charge on any atom is -0.507 e. The molecule has 0 radical (unpaired) electrons. The molecule has 0 fully saturated rings. The van der Waals surface area contributed by atoms with Gasteiger partial charge in [-0.2, -0.15) is 0 Å². The lowest BCUT2D eigenvalue weighted by molar-refractivity contribution is -0.496. The second-order valence-corrected chi connectivity index (χ2v) is 3.60. The lowest BCUT2D eigenvalue weighted by Crippen LogP contribution is -2.32. The third-order valence-corrected chi connectivity index (χ3v) is 2.22. The summed E-state index contributed by atoms with van der Waals surface area (Å²) in [6, 6.07) is 3.14. The standard InChI is InChI=1S/C10H12N2O5/c11-8(10(14)15)3-6-1-2-7(5-12(16)17)9(13)4-6/h1-2,4,8,13H,3,5,11H2,(H,14,15)/t8-/m0/s1. The van der Waals surface area contributed by atoms with Gasteiger partial charge in [-0.15, -0.1) is 0 Å². The summed E-state index contributed by atoms with van der Waals surface area (Å²) in [5.74, 6) is -1.37. The molecule has 92 valence electrons. The third kappa shape index (κ3) is 3.72. The number of nitro groups is 1. The fraction of sp³-hybridized carbons (Fsp3) is 0.300. The number of aliphatic carboxylic acids is 1. The van der Waals surface area contributed by atoms with Gasteiger partial charge in [0.25, 0.3) is 0 Å². The van der Waals surface area contributed by atoms with E-state index < -0.39 is 23.5 Å². The van der Waals surface area contributed by atoms with Crippen LogP contribution in [-0.4, -0.2) is 27.1 Å². The molecule has 0 aliphatic heterocycles. The van der Waals surface area contributed by atoms with Crippen LogP contribution in [0.3, 0.4) is 0 Å². The average Bonchev–Trinajstić information content (AvgIpc) is 2.21. The number of nitrogens with zero attached hydrogens (tertiary/aromatic N) is 1. The number of hydrogen-bond donors (Lipinski definition) is 3. The number of phenols is 1. The number of nitrogens with two attached hydrogens (primary N) is 1. The van der Waals surface area contributed by atoms with Gasteiger partial charge in [-0.1, -0.05) is 6.07 Å². The van der Waals surface area contributed by atoms with Crippen LogP contribution in [0.2, 0.25) is 0 Å². The Balaban J connectivity index is 2.81. The highest BCUT2D eigenvalue weighted by Gasteiger charge is 2.14. The van der Waals surface area contributed by atoms with Crippen molar-refractivity contribution in [3.05, 3.63) is 39.4 Å². The predicted octanol–water partition coefficient (Wildman–Crippen LogP) is 0.123. The van der Waals surface area contributed by atoms with Gasteiger partial charge in [-0.05, 0) is 24.1 Å². The molecule has 0 saturated carbocycles. The number of benzene rings is 1. The Hall–Kier alpha value is -2.15. The number of carboxylic acid groups (broad SMARTS) is 1. The SMILES string of the molecule is N[C@@H](Cc1ccc(C[N+](=O)[O-])c(O)c1)C(=O)O. The molecule has 1 aromatic carbocycles. The van der Waals surface area contributed by atoms with Gasteiger partial charge in [0, 0.05) is 4.92 Å². The highest BCUT2D eigenvalue weighted by atomic mass is 16.6. The maximum Gasteiger partial charge on any atom is 0.320 e. The van der Waals surface area contributed by atoms with Crippen LogP contribution < -0.4 is 5.73 Å². The quantitative estimate of drug-likeness (QED) is 0.495. The van der Waals surface area contributed by atoms with Gasteiger partial charge in [0.15, 0.2) is 0 Å². The van der Waals surface area contributed by atoms with Crippen LogP contribution in [0.5, 0.6) is 5.75 Å². The van der Waals surface area contributed by atoms with E-state index in [0.29, 0.717) is 5.56 Å². The van der Waals surface area contributed by atoms with Crippen molar-refractivity contribution < 1.29 is 19.9 Å². The first-order chi connectivity index (χ1) is 7.90. The van der Waals surface area contributed by atoms with Crippen molar-refractivity contribution in [2.45, 2.75) is 19.0 Å². The summed E-state index contributed by atoms with van der Waals surface area (Å²) >= 11 is 0. The van der Waals surface area contributed by atoms with E-state index in [2.05, 4.69) is 0 Å². The molecule has 0 saturated heterocycles. The van der Waals surface area contributed by atoms with Gasteiger partial charge in [-0.3, -0.25) is 14.9 Å². The average molecular weight is 240 g/mol. The summed E-state index contributed by atoms with van der Waals surface area (Å²) in [5, 5.41) is 28.4. The number of phenolic OH excluding ortho intramolecular Hbond substituents is 1. The number of rotatable bonds is 5. The van der Waals surface area contributed by atoms with E-state index in [-0.39, 0.29) is 17.7 Å². The second kappa shape index (κ2) is 5.26. The summed E-state index contributed by atoms with van der Waals surface area (Å²) in [6.07, 6.45) is 0.0572. The second-order valence-electron chi connectivity index (χ2n) is 3.60. The van der Waals surface area contributed by atoms with E-state index >= 15 is 0 Å². The van der Waals surface area contributed by atoms with E-state index in [0.717, 1.165) is 0 Å². The van der Waals surface area contributed by atoms with Crippen LogP contribution in [0.1, 0.15) is 11.1 Å². The van der Waals surface area contributed by atoms with Gasteiger partial charge >= 0.3 is 5.97 Å². The minimum absolute atomic E-state index is 0.0572. The van der Waals surface area contributed by atoms with Crippen LogP contribution in [0, 0.1) is 10.1 Å². The molecular formula is C10H12N2O5. The van der Waals surface area contributed by atoms with Crippen molar-refractivity contribution in [3.63, 3.8) is 0 Å². The molecule has 1 aromatic rings. The van der Waals surface area contributed by atoms with Crippen LogP contribution >= 0.6 is 0 Å². The number of aromatic hydroxyl groups is 1. The molecule has 0 amide bonds. The first-order valence-corrected chi connectivity index (χ1v) is 4.81. The Bertz CT molecular complexity index is 446. The molecule has 0 aliphatic carbocycles. The summed E-state index contributed by atoms with van der Waals surface area (Å²) in [4.78, 5) is 20.2. The molecular weight excluding hydrogens is 228 g/mol. The zero-order chi connectivity index (χ0) is 13.0. The van der Waals surface area contributed by atoms with E-state index in [1.165, 1.54) is 18.2 Å². The fourth-order valence-corrected chi connectivity index (χ4v) is 1.35. The Kier molecular flexibility index (Phi) is 4.00. The molecule has 0 heterocycles. The minimum atomic E-state index is -1.14. The maximum atomic E-state index is 10.5. The largest absolute Gasteiger partial charge is 0.507 e. The maximum absolute atomic E-state index is 10.5. The Morgan fingerprint density at radius 2 is 2.18 bits per heavy atom. The van der Waals surface area contributed by atoms with Gasteiger partial charge in [0.2, 0.25) is 6.54 Å². The first kappa shape index (κ1) is 12.9. The predicted molar refractivity (Wildman–Crippen MR) is 58.1 cm³/mol. The van der Waals surface area contributed by atoms with E-state index in [4.69, 9.17) is 10.8 Å². The highest BCUT2D eigenvalue weighted by molar-refractivity contribution is 5.73. The first-order valence-electron chi connectivity index (χ1n) is 4.81. The van der Waals surface area contributed by atoms with Crippen LogP contribution in [0.15, 0.2) is 18.2 Å². The zero-order valence-corrected chi connectivity index (χ0v) is 8.87. The van der Waals surface area contributed by atoms with Gasteiger partial charge < -0.3 is 15.9 Å². The molecule has 0 bridgehead atoms. The Morgan fingerprint density at radius 3 is 2.65 bits per heavy atom. The van der Waals surface area contributed by atoms with Crippen molar-refractivity contribution in [2.24, 2.45) is 5.73 Å². The Labute approximate surface area is 96.6 Å². The third-order valence-electron chi connectivity index (χ3n) is 2.22. The summed E-state index contributed by atoms with van der Waals surface area (Å²) in [7, 11) is 0. The number of hydrogen-bond acceptors (Lipinski definition) is 5. The van der Waals surface area contributed by atoms with Crippen molar-refractivity contribution >= 4 is 5.97 Å². The highest BCUT2D eigenvalue weighted by Crippen LogP contribution is 2.20. The van der Waals surface area contributed by atoms with E-state index in [1.54, 1.807) is 0 Å². The van der Waals surface area contributed by atoms with Crippen LogP contribution in [0.4, 0.5) is 0 Å². The smallest absolute Gasteiger partial charge is 0.320 e. The van der Waals surface area contributed by atoms with Crippen molar-refractivity contribution in [3.8, 4) is 5.75 Å². The molecule has 0 aromatic heterocycles. The zero-order valence-electron chi connectivity index (χ0n) is 8.87. The number of carboxylic acids is 1. The summed E-state index contributed by atoms with van der Waals surface area (Å²) in [6.45, 7) is -0.475. The van der Waals surface area contributed by atoms with Crippen molar-refractivity contribution in [1.82, 2.24) is 0 Å². The Morgan fingerprint density at radius 1 is 1.53 bits per heavy atom. The lowest BCUT2D eigenvalue weighted by Gasteiger charge is -2.08. The fourth-order valence-electron chi connectivity index (χ4n) is 1.35. The molecule has 0 spiro atoms. The van der Waals surface area contributed by atoms with Gasteiger partial charge in [-0.25, -0.2) is 0 Å². The molecule has 7 heteroatoms. The molecule has 17 heavy (non-hydrogen) atoms. The molecule has 1 rings (SSSR count). The van der Waals surface area contributed by atoms with Gasteiger partial charge in [0.05, 0.1) is 5.56 Å². The van der Waals surface area contributed by atoms with Gasteiger partial charge in [0.1, 0.15) is 11.8 Å². The van der Waals surface area contributed by atoms with Crippen molar-refractivity contribution in [1.29, 1.82) is 0 Å². The molecule has 0 aliphatic rings. The monoisotopic (exact) mass is 240 g/mol. The lowest BCUT2D eigenvalue weighted by atomic mass is 10.0. The van der Waals surface area contributed by atoms with Crippen molar-refractivity contribution in [2.75, 3.05) is 0 Å². The summed E-state index contributed by atoms with van der Waals surface area (Å²) < 4.78 is 0. The molecule has 7 nitrogen and oxygen atoms in total. The molecule has 1 atom stereocenters. The number of carbonyl (C=O) groups is 1. The topological polar surface area (TPSA) is 127 Å². The molecule has 0 unspecified atom stereocenters. The van der Waals surface area contributed by atoms with Crippen LogP contribution in [0.25, 0.3) is 0 Å². The van der Waals surface area contributed by atoms with E-state index in [1.807, 2.05) is 0 Å². The summed E-state index contributed by atoms with van der Waals surface area (Å²) in [5.41, 5.74) is 6.03. The normalized spacial score (nSPS) is 12.1. The van der Waals surface area contributed by atoms with Crippen LogP contribution in [-0.2, 0) is 17.8 Å².